The Bertz CT molecular complexity index is 1560. The van der Waals surface area contributed by atoms with Crippen LogP contribution in [0.2, 0.25) is 5.02 Å². The molecule has 44 heavy (non-hydrogen) atoms. The van der Waals surface area contributed by atoms with Crippen LogP contribution in [0.1, 0.15) is 69.3 Å². The molecule has 0 bridgehead atoms. The fraction of sp³-hybridized carbons (Fsp3) is 0.357. The van der Waals surface area contributed by atoms with Gasteiger partial charge in [-0.15, -0.1) is 0 Å². The zero-order valence-corrected chi connectivity index (χ0v) is 23.1. The molecule has 0 unspecified atom stereocenters. The maximum Gasteiger partial charge on any atom is 0.433 e. The third kappa shape index (κ3) is 7.37. The number of aromatic nitrogens is 2. The molecule has 1 aromatic heterocycles. The maximum atomic E-state index is 14.4. The molecule has 0 atom stereocenters. The van der Waals surface area contributed by atoms with E-state index in [4.69, 9.17) is 11.6 Å². The maximum absolute atomic E-state index is 14.4. The van der Waals surface area contributed by atoms with Crippen molar-refractivity contribution in [3.63, 3.8) is 0 Å². The number of Topliss-reactive ketones (excluding diaryl/α,β-unsaturated/α-hetero) is 1. The molecule has 2 aromatic carbocycles. The second-order valence-corrected chi connectivity index (χ2v) is 10.7. The van der Waals surface area contributed by atoms with E-state index in [0.29, 0.717) is 34.0 Å². The van der Waals surface area contributed by atoms with Crippen LogP contribution in [0.25, 0.3) is 0 Å². The Labute approximate surface area is 249 Å². The topological polar surface area (TPSA) is 92.5 Å². The second-order valence-electron chi connectivity index (χ2n) is 10.2. The lowest BCUT2D eigenvalue weighted by atomic mass is 9.86. The van der Waals surface area contributed by atoms with Crippen LogP contribution < -0.4 is 0 Å². The minimum absolute atomic E-state index is 0.0204. The quantitative estimate of drug-likeness (QED) is 0.206. The molecule has 7 nitrogen and oxygen atoms in total. The van der Waals surface area contributed by atoms with E-state index in [9.17, 15) is 54.6 Å². The van der Waals surface area contributed by atoms with Crippen molar-refractivity contribution < 1.29 is 54.6 Å². The van der Waals surface area contributed by atoms with Crippen LogP contribution in [0.5, 0.6) is 0 Å². The largest absolute Gasteiger partial charge is 0.481 e. The molecule has 236 valence electrons. The predicted octanol–water partition coefficient (Wildman–Crippen LogP) is 7.19. The van der Waals surface area contributed by atoms with Crippen LogP contribution in [0, 0.1) is 17.6 Å². The van der Waals surface area contributed by atoms with Gasteiger partial charge in [0.05, 0.1) is 40.9 Å². The minimum atomic E-state index is -5.15. The number of halogens is 9. The number of hydrogen-bond acceptors (Lipinski definition) is 4. The Hall–Kier alpha value is -4.01. The number of rotatable bonds is 8. The minimum Gasteiger partial charge on any atom is -0.481 e. The first-order chi connectivity index (χ1) is 20.5. The molecule has 3 aromatic rings. The molecule has 1 amide bonds. The van der Waals surface area contributed by atoms with Gasteiger partial charge >= 0.3 is 18.3 Å². The van der Waals surface area contributed by atoms with Gasteiger partial charge in [-0.1, -0.05) is 11.6 Å². The van der Waals surface area contributed by atoms with Gasteiger partial charge in [-0.2, -0.15) is 31.4 Å². The molecule has 1 saturated carbocycles. The Kier molecular flexibility index (Phi) is 9.37. The van der Waals surface area contributed by atoms with Crippen molar-refractivity contribution in [2.75, 3.05) is 6.54 Å². The molecule has 4 rings (SSSR count). The second kappa shape index (κ2) is 12.5. The van der Waals surface area contributed by atoms with E-state index in [2.05, 4.69) is 5.10 Å². The molecule has 0 spiro atoms. The van der Waals surface area contributed by atoms with E-state index in [-0.39, 0.29) is 31.2 Å². The smallest absolute Gasteiger partial charge is 0.433 e. The first-order valence-electron chi connectivity index (χ1n) is 13.0. The normalized spacial score (nSPS) is 17.4. The number of carbonyl (C=O) groups excluding carboxylic acids is 2. The zero-order valence-electron chi connectivity index (χ0n) is 22.4. The summed E-state index contributed by atoms with van der Waals surface area (Å²) in [6, 6.07) is 2.94. The van der Waals surface area contributed by atoms with Gasteiger partial charge in [-0.25, -0.2) is 8.78 Å². The van der Waals surface area contributed by atoms with Crippen molar-refractivity contribution in [1.82, 2.24) is 14.7 Å². The number of carboxylic acids is 1. The lowest BCUT2D eigenvalue weighted by Gasteiger charge is -2.28. The van der Waals surface area contributed by atoms with E-state index in [1.807, 2.05) is 0 Å². The number of ketones is 1. The van der Waals surface area contributed by atoms with Crippen molar-refractivity contribution in [1.29, 1.82) is 0 Å². The van der Waals surface area contributed by atoms with E-state index < -0.39 is 94.1 Å². The Morgan fingerprint density at radius 3 is 2.05 bits per heavy atom. The van der Waals surface area contributed by atoms with Crippen molar-refractivity contribution >= 4 is 29.3 Å². The summed E-state index contributed by atoms with van der Waals surface area (Å²) in [5.74, 6) is -6.47. The molecular formula is C28H22ClF8N3O4. The van der Waals surface area contributed by atoms with Crippen molar-refractivity contribution in [3.8, 4) is 0 Å². The molecule has 1 fully saturated rings. The fourth-order valence-corrected chi connectivity index (χ4v) is 5.40. The predicted molar refractivity (Wildman–Crippen MR) is 138 cm³/mol. The molecule has 1 N–H and O–H groups in total. The van der Waals surface area contributed by atoms with E-state index in [0.717, 1.165) is 18.2 Å². The zero-order chi connectivity index (χ0) is 32.6. The number of benzene rings is 2. The highest BCUT2D eigenvalue weighted by atomic mass is 35.5. The first-order valence-corrected chi connectivity index (χ1v) is 13.3. The van der Waals surface area contributed by atoms with Crippen LogP contribution >= 0.6 is 11.6 Å². The standard InChI is InChI=1S/C28H22ClF8N3O4/c29-22-9-16(27(32,33)34)3-6-20(22)23(41)13-39(12-14-7-17(30)10-18(31)8-14)25(42)21-11-38-40(24(21)28(35,36)37)19-4-1-15(2-5-19)26(43)44/h3,6-11,15,19H,1-2,4-5,12-13H2,(H,43,44)/t15-,19-. The summed E-state index contributed by atoms with van der Waals surface area (Å²) in [6.07, 6.45) is -9.14. The SMILES string of the molecule is O=C(CN(Cc1cc(F)cc(F)c1)C(=O)c1cnn([C@H]2CC[C@H](C(=O)O)CC2)c1C(F)(F)F)c1ccc(C(F)(F)F)cc1Cl. The number of hydrogen-bond donors (Lipinski definition) is 1. The molecular weight excluding hydrogens is 630 g/mol. The summed E-state index contributed by atoms with van der Waals surface area (Å²) in [4.78, 5) is 38.6. The molecule has 1 aliphatic carbocycles. The summed E-state index contributed by atoms with van der Waals surface area (Å²) in [5, 5.41) is 12.3. The lowest BCUT2D eigenvalue weighted by Crippen LogP contribution is -2.37. The number of amides is 1. The molecule has 0 radical (unpaired) electrons. The summed E-state index contributed by atoms with van der Waals surface area (Å²) >= 11 is 5.89. The highest BCUT2D eigenvalue weighted by Gasteiger charge is 2.43. The third-order valence-electron chi connectivity index (χ3n) is 7.20. The number of carboxylic acid groups (broad SMARTS) is 1. The molecule has 1 heterocycles. The van der Waals surface area contributed by atoms with Crippen molar-refractivity contribution in [2.24, 2.45) is 5.92 Å². The molecule has 16 heteroatoms. The van der Waals surface area contributed by atoms with Crippen LogP contribution in [0.4, 0.5) is 35.1 Å². The highest BCUT2D eigenvalue weighted by molar-refractivity contribution is 6.34. The monoisotopic (exact) mass is 651 g/mol. The molecule has 1 aliphatic rings. The lowest BCUT2D eigenvalue weighted by molar-refractivity contribution is -0.147. The average Bonchev–Trinajstić information content (AvgIpc) is 3.37. The van der Waals surface area contributed by atoms with Gasteiger partial charge in [0.15, 0.2) is 11.5 Å². The number of nitrogens with zero attached hydrogens (tertiary/aromatic N) is 3. The van der Waals surface area contributed by atoms with Gasteiger partial charge in [0.1, 0.15) is 11.6 Å². The average molecular weight is 652 g/mol. The summed E-state index contributed by atoms with van der Waals surface area (Å²) in [7, 11) is 0. The summed E-state index contributed by atoms with van der Waals surface area (Å²) in [6.45, 7) is -1.81. The summed E-state index contributed by atoms with van der Waals surface area (Å²) in [5.41, 5.74) is -4.38. The van der Waals surface area contributed by atoms with Gasteiger partial charge in [0, 0.05) is 18.2 Å². The van der Waals surface area contributed by atoms with Crippen LogP contribution in [-0.4, -0.2) is 44.0 Å². The number of alkyl halides is 6. The Balaban J connectivity index is 1.71. The Morgan fingerprint density at radius 2 is 1.52 bits per heavy atom. The van der Waals surface area contributed by atoms with Crippen molar-refractivity contribution in [2.45, 2.75) is 50.6 Å². The van der Waals surface area contributed by atoms with Gasteiger partial charge in [0.25, 0.3) is 5.91 Å². The van der Waals surface area contributed by atoms with E-state index in [1.54, 1.807) is 0 Å². The van der Waals surface area contributed by atoms with Crippen LogP contribution in [0.15, 0.2) is 42.6 Å². The molecule has 0 aliphatic heterocycles. The van der Waals surface area contributed by atoms with E-state index in [1.165, 1.54) is 0 Å². The van der Waals surface area contributed by atoms with Gasteiger partial charge in [-0.3, -0.25) is 19.1 Å². The van der Waals surface area contributed by atoms with E-state index >= 15 is 0 Å². The van der Waals surface area contributed by atoms with Crippen LogP contribution in [-0.2, 0) is 23.7 Å². The molecule has 0 saturated heterocycles. The fourth-order valence-electron chi connectivity index (χ4n) is 5.11. The number of carbonyl (C=O) groups is 3. The Morgan fingerprint density at radius 1 is 0.909 bits per heavy atom. The number of aliphatic carboxylic acids is 1. The van der Waals surface area contributed by atoms with Crippen molar-refractivity contribution in [3.05, 3.63) is 87.2 Å². The van der Waals surface area contributed by atoms with Gasteiger partial charge in [-0.05, 0) is 61.6 Å². The van der Waals surface area contributed by atoms with Crippen LogP contribution in [0.3, 0.4) is 0 Å². The van der Waals surface area contributed by atoms with Gasteiger partial charge in [0.2, 0.25) is 0 Å². The third-order valence-corrected chi connectivity index (χ3v) is 7.51. The summed E-state index contributed by atoms with van der Waals surface area (Å²) < 4.78 is 111. The first kappa shape index (κ1) is 32.9. The van der Waals surface area contributed by atoms with Gasteiger partial charge < -0.3 is 10.0 Å². The highest BCUT2D eigenvalue weighted by Crippen LogP contribution is 2.39.